The summed E-state index contributed by atoms with van der Waals surface area (Å²) in [7, 11) is 0. The summed E-state index contributed by atoms with van der Waals surface area (Å²) < 4.78 is 4.67. The topological polar surface area (TPSA) is 35.1 Å². The van der Waals surface area contributed by atoms with Crippen LogP contribution in [0.1, 0.15) is 0 Å². The molecule has 0 spiro atoms. The normalized spacial score (nSPS) is 12.4. The fourth-order valence-electron chi connectivity index (χ4n) is 6.27. The van der Waals surface area contributed by atoms with Crippen molar-refractivity contribution < 1.29 is 0 Å². The Kier molecular flexibility index (Phi) is 3.25. The second-order valence-electron chi connectivity index (χ2n) is 9.49. The van der Waals surface area contributed by atoms with Crippen LogP contribution >= 0.6 is 0 Å². The van der Waals surface area contributed by atoms with Crippen LogP contribution in [0.15, 0.2) is 109 Å². The first-order valence-electron chi connectivity index (χ1n) is 12.2. The standard InChI is InChI=1S/C32H18N4/c1-3-13-24-19(8-1)18-33-32(34-24)36-26-15-6-10-21-23-12-5-11-22-20-9-2-4-14-25(20)35(31(22)23)27-16-7-17-28(36)30(27)29(21)26/h1-18H. The minimum absolute atomic E-state index is 0.694. The Morgan fingerprint density at radius 1 is 0.500 bits per heavy atom. The first kappa shape index (κ1) is 18.4. The second-order valence-corrected chi connectivity index (χ2v) is 9.49. The molecule has 0 aliphatic rings. The van der Waals surface area contributed by atoms with Gasteiger partial charge in [-0.15, -0.1) is 0 Å². The van der Waals surface area contributed by atoms with Gasteiger partial charge in [-0.3, -0.25) is 4.57 Å². The van der Waals surface area contributed by atoms with Crippen LogP contribution in [0.2, 0.25) is 0 Å². The first-order chi connectivity index (χ1) is 17.9. The molecular formula is C32H18N4. The monoisotopic (exact) mass is 458 g/mol. The highest BCUT2D eigenvalue weighted by molar-refractivity contribution is 6.31. The maximum atomic E-state index is 4.99. The van der Waals surface area contributed by atoms with Gasteiger partial charge in [-0.05, 0) is 35.7 Å². The zero-order valence-electron chi connectivity index (χ0n) is 19.2. The molecule has 0 amide bonds. The fourth-order valence-corrected chi connectivity index (χ4v) is 6.27. The molecule has 36 heavy (non-hydrogen) atoms. The summed E-state index contributed by atoms with van der Waals surface area (Å²) in [5.74, 6) is 0.694. The minimum atomic E-state index is 0.694. The third-order valence-electron chi connectivity index (χ3n) is 7.70. The maximum Gasteiger partial charge on any atom is 0.235 e. The van der Waals surface area contributed by atoms with Crippen molar-refractivity contribution in [3.63, 3.8) is 0 Å². The van der Waals surface area contributed by atoms with Crippen molar-refractivity contribution in [3.8, 4) is 5.95 Å². The van der Waals surface area contributed by atoms with Gasteiger partial charge in [0.25, 0.3) is 0 Å². The van der Waals surface area contributed by atoms with E-state index in [2.05, 4.69) is 93.9 Å². The average Bonchev–Trinajstić information content (AvgIpc) is 3.41. The SMILES string of the molecule is c1ccc2nc(-n3c4cccc5c6cccc7c8ccccc8n(c8cccc3c8c54)c67)ncc2c1. The predicted octanol–water partition coefficient (Wildman–Crippen LogP) is 7.88. The summed E-state index contributed by atoms with van der Waals surface area (Å²) in [6.45, 7) is 0. The highest BCUT2D eigenvalue weighted by Gasteiger charge is 2.22. The summed E-state index contributed by atoms with van der Waals surface area (Å²) in [6.07, 6.45) is 1.92. The van der Waals surface area contributed by atoms with E-state index in [0.717, 1.165) is 21.9 Å². The lowest BCUT2D eigenvalue weighted by molar-refractivity contribution is 1.01. The quantitative estimate of drug-likeness (QED) is 0.251. The molecule has 4 heterocycles. The van der Waals surface area contributed by atoms with Crippen molar-refractivity contribution in [1.82, 2.24) is 18.9 Å². The van der Waals surface area contributed by atoms with Crippen molar-refractivity contribution in [3.05, 3.63) is 109 Å². The molecule has 9 rings (SSSR count). The van der Waals surface area contributed by atoms with E-state index in [1.54, 1.807) is 0 Å². The highest BCUT2D eigenvalue weighted by Crippen LogP contribution is 2.43. The Morgan fingerprint density at radius 3 is 2.08 bits per heavy atom. The highest BCUT2D eigenvalue weighted by atomic mass is 15.2. The summed E-state index contributed by atoms with van der Waals surface area (Å²) in [4.78, 5) is 9.81. The van der Waals surface area contributed by atoms with E-state index >= 15 is 0 Å². The molecule has 4 heteroatoms. The van der Waals surface area contributed by atoms with Crippen molar-refractivity contribution in [2.24, 2.45) is 0 Å². The Bertz CT molecular complexity index is 2320. The Labute approximate surface area is 205 Å². The molecule has 0 atom stereocenters. The van der Waals surface area contributed by atoms with E-state index in [1.165, 1.54) is 48.9 Å². The summed E-state index contributed by atoms with van der Waals surface area (Å²) in [6, 6.07) is 36.8. The number of fused-ring (bicyclic) bond motifs is 6. The molecule has 0 bridgehead atoms. The number of benzene rings is 5. The van der Waals surface area contributed by atoms with Gasteiger partial charge in [0.1, 0.15) is 0 Å². The van der Waals surface area contributed by atoms with Gasteiger partial charge in [0.2, 0.25) is 5.95 Å². The first-order valence-corrected chi connectivity index (χ1v) is 12.2. The zero-order chi connectivity index (χ0) is 23.4. The number of nitrogens with zero attached hydrogens (tertiary/aromatic N) is 4. The molecule has 0 aliphatic carbocycles. The van der Waals surface area contributed by atoms with Gasteiger partial charge < -0.3 is 4.40 Å². The lowest BCUT2D eigenvalue weighted by atomic mass is 10.0. The van der Waals surface area contributed by atoms with E-state index in [-0.39, 0.29) is 0 Å². The Morgan fingerprint density at radius 2 is 1.14 bits per heavy atom. The molecule has 0 saturated heterocycles. The van der Waals surface area contributed by atoms with Crippen molar-refractivity contribution >= 4 is 70.8 Å². The van der Waals surface area contributed by atoms with Crippen molar-refractivity contribution in [2.45, 2.75) is 0 Å². The Hall–Kier alpha value is -4.96. The number of hydrogen-bond donors (Lipinski definition) is 0. The zero-order valence-corrected chi connectivity index (χ0v) is 19.2. The van der Waals surface area contributed by atoms with E-state index in [1.807, 2.05) is 24.4 Å². The van der Waals surface area contributed by atoms with Gasteiger partial charge in [0, 0.05) is 38.5 Å². The van der Waals surface area contributed by atoms with Crippen LogP contribution in [0.4, 0.5) is 0 Å². The summed E-state index contributed by atoms with van der Waals surface area (Å²) in [5, 5.41) is 8.59. The van der Waals surface area contributed by atoms with Gasteiger partial charge in [-0.1, -0.05) is 72.8 Å². The largest absolute Gasteiger partial charge is 0.308 e. The third-order valence-corrected chi connectivity index (χ3v) is 7.70. The van der Waals surface area contributed by atoms with Crippen LogP contribution in [0.25, 0.3) is 76.8 Å². The molecule has 0 unspecified atom stereocenters. The smallest absolute Gasteiger partial charge is 0.235 e. The number of para-hydroxylation sites is 3. The van der Waals surface area contributed by atoms with Gasteiger partial charge in [0.05, 0.1) is 33.1 Å². The van der Waals surface area contributed by atoms with Crippen LogP contribution in [-0.4, -0.2) is 18.9 Å². The Balaban J connectivity index is 1.60. The third kappa shape index (κ3) is 2.11. The van der Waals surface area contributed by atoms with Gasteiger partial charge in [0.15, 0.2) is 0 Å². The number of aromatic nitrogens is 4. The van der Waals surface area contributed by atoms with E-state index in [0.29, 0.717) is 5.95 Å². The molecule has 5 aromatic carbocycles. The van der Waals surface area contributed by atoms with Gasteiger partial charge >= 0.3 is 0 Å². The molecule has 0 saturated carbocycles. The van der Waals surface area contributed by atoms with Gasteiger partial charge in [-0.25, -0.2) is 9.97 Å². The van der Waals surface area contributed by atoms with Crippen molar-refractivity contribution in [2.75, 3.05) is 0 Å². The molecule has 0 aliphatic heterocycles. The number of rotatable bonds is 1. The molecule has 9 aromatic rings. The average molecular weight is 459 g/mol. The molecule has 4 nitrogen and oxygen atoms in total. The van der Waals surface area contributed by atoms with Crippen LogP contribution in [-0.2, 0) is 0 Å². The van der Waals surface area contributed by atoms with Crippen LogP contribution < -0.4 is 0 Å². The number of hydrogen-bond acceptors (Lipinski definition) is 2. The van der Waals surface area contributed by atoms with Gasteiger partial charge in [-0.2, -0.15) is 0 Å². The van der Waals surface area contributed by atoms with E-state index < -0.39 is 0 Å². The van der Waals surface area contributed by atoms with E-state index in [4.69, 9.17) is 9.97 Å². The van der Waals surface area contributed by atoms with Crippen molar-refractivity contribution in [1.29, 1.82) is 0 Å². The molecule has 0 radical (unpaired) electrons. The molecule has 0 fully saturated rings. The molecule has 166 valence electrons. The lowest BCUT2D eigenvalue weighted by Crippen LogP contribution is -2.01. The molecule has 4 aromatic heterocycles. The predicted molar refractivity (Wildman–Crippen MR) is 149 cm³/mol. The maximum absolute atomic E-state index is 4.99. The fraction of sp³-hybridized carbons (Fsp3) is 0. The van der Waals surface area contributed by atoms with Crippen LogP contribution in [0.5, 0.6) is 0 Å². The minimum Gasteiger partial charge on any atom is -0.308 e. The molecular weight excluding hydrogens is 440 g/mol. The second kappa shape index (κ2) is 6.37. The lowest BCUT2D eigenvalue weighted by Gasteiger charge is -2.08. The molecule has 0 N–H and O–H groups in total. The van der Waals surface area contributed by atoms with E-state index in [9.17, 15) is 0 Å². The summed E-state index contributed by atoms with van der Waals surface area (Å²) in [5.41, 5.74) is 6.87. The van der Waals surface area contributed by atoms with Crippen LogP contribution in [0.3, 0.4) is 0 Å². The van der Waals surface area contributed by atoms with Crippen LogP contribution in [0, 0.1) is 0 Å². The summed E-state index contributed by atoms with van der Waals surface area (Å²) >= 11 is 0.